The van der Waals surface area contributed by atoms with Gasteiger partial charge in [0.05, 0.1) is 5.69 Å². The molecule has 1 saturated heterocycles. The maximum atomic E-state index is 5.39. The highest BCUT2D eigenvalue weighted by Gasteiger charge is 2.25. The molecule has 5 heteroatoms. The van der Waals surface area contributed by atoms with Crippen LogP contribution in [0.15, 0.2) is 30.3 Å². The molecule has 3 rings (SSSR count). The zero-order valence-corrected chi connectivity index (χ0v) is 12.6. The maximum Gasteiger partial charge on any atom is 0.230 e. The van der Waals surface area contributed by atoms with Crippen molar-refractivity contribution in [3.05, 3.63) is 35.1 Å². The van der Waals surface area contributed by atoms with Crippen LogP contribution >= 0.6 is 12.2 Å². The van der Waals surface area contributed by atoms with Gasteiger partial charge in [-0.2, -0.15) is 0 Å². The van der Waals surface area contributed by atoms with E-state index in [0.717, 1.165) is 30.6 Å². The molecule has 0 bridgehead atoms. The van der Waals surface area contributed by atoms with E-state index in [9.17, 15) is 0 Å². The van der Waals surface area contributed by atoms with Gasteiger partial charge in [-0.3, -0.25) is 4.57 Å². The Bertz CT molecular complexity index is 616. The number of nitrogens with zero attached hydrogens (tertiary/aromatic N) is 3. The van der Waals surface area contributed by atoms with Crippen molar-refractivity contribution in [2.75, 3.05) is 18.0 Å². The van der Waals surface area contributed by atoms with Crippen molar-refractivity contribution >= 4 is 18.2 Å². The van der Waals surface area contributed by atoms with Gasteiger partial charge < -0.3 is 4.90 Å². The summed E-state index contributed by atoms with van der Waals surface area (Å²) in [6, 6.07) is 10.2. The number of hydrogen-bond acceptors (Lipinski definition) is 3. The average molecular weight is 288 g/mol. The molecule has 1 aromatic heterocycles. The standard InChI is InChI=1S/C15H20N4S/c1-2-6-12-9-10-18(11-12)14-16-17-15(20)19(14)13-7-4-3-5-8-13/h3-5,7-8,12H,2,6,9-11H2,1H3,(H,17,20). The number of anilines is 1. The van der Waals surface area contributed by atoms with Crippen LogP contribution in [0.3, 0.4) is 0 Å². The second-order valence-corrected chi connectivity index (χ2v) is 5.78. The molecule has 1 aromatic carbocycles. The molecule has 0 aliphatic carbocycles. The van der Waals surface area contributed by atoms with Gasteiger partial charge in [-0.25, -0.2) is 5.10 Å². The van der Waals surface area contributed by atoms with Crippen LogP contribution in [0.4, 0.5) is 5.95 Å². The van der Waals surface area contributed by atoms with E-state index in [4.69, 9.17) is 12.2 Å². The summed E-state index contributed by atoms with van der Waals surface area (Å²) in [6.45, 7) is 4.40. The third-order valence-electron chi connectivity index (χ3n) is 3.93. The molecule has 106 valence electrons. The molecule has 1 N–H and O–H groups in total. The second kappa shape index (κ2) is 5.79. The summed E-state index contributed by atoms with van der Waals surface area (Å²) < 4.78 is 2.69. The highest BCUT2D eigenvalue weighted by molar-refractivity contribution is 7.71. The van der Waals surface area contributed by atoms with Crippen LogP contribution in [0.5, 0.6) is 0 Å². The molecule has 1 atom stereocenters. The van der Waals surface area contributed by atoms with E-state index in [1.165, 1.54) is 19.3 Å². The Morgan fingerprint density at radius 2 is 2.15 bits per heavy atom. The van der Waals surface area contributed by atoms with E-state index in [0.29, 0.717) is 4.77 Å². The number of aromatic nitrogens is 3. The Kier molecular flexibility index (Phi) is 3.87. The Balaban J connectivity index is 1.91. The van der Waals surface area contributed by atoms with Crippen LogP contribution in [-0.2, 0) is 0 Å². The first kappa shape index (κ1) is 13.4. The third kappa shape index (κ3) is 2.50. The van der Waals surface area contributed by atoms with E-state index in [1.807, 2.05) is 22.8 Å². The van der Waals surface area contributed by atoms with Gasteiger partial charge in [0.15, 0.2) is 0 Å². The summed E-state index contributed by atoms with van der Waals surface area (Å²) in [7, 11) is 0. The van der Waals surface area contributed by atoms with Gasteiger partial charge in [-0.05, 0) is 43.1 Å². The van der Waals surface area contributed by atoms with Gasteiger partial charge in [-0.1, -0.05) is 31.5 Å². The van der Waals surface area contributed by atoms with Crippen LogP contribution in [0.25, 0.3) is 5.69 Å². The number of para-hydroxylation sites is 1. The SMILES string of the molecule is CCCC1CCN(c2n[nH]c(=S)n2-c2ccccc2)C1. The van der Waals surface area contributed by atoms with Crippen molar-refractivity contribution in [2.24, 2.45) is 5.92 Å². The van der Waals surface area contributed by atoms with Crippen LogP contribution in [0.2, 0.25) is 0 Å². The van der Waals surface area contributed by atoms with Crippen LogP contribution < -0.4 is 4.90 Å². The lowest BCUT2D eigenvalue weighted by atomic mass is 10.0. The molecule has 1 aliphatic rings. The minimum Gasteiger partial charge on any atom is -0.340 e. The van der Waals surface area contributed by atoms with E-state index >= 15 is 0 Å². The number of rotatable bonds is 4. The minimum absolute atomic E-state index is 0.658. The van der Waals surface area contributed by atoms with Crippen molar-refractivity contribution in [3.8, 4) is 5.69 Å². The Labute approximate surface area is 124 Å². The van der Waals surface area contributed by atoms with Gasteiger partial charge in [0.1, 0.15) is 0 Å². The van der Waals surface area contributed by atoms with E-state index < -0.39 is 0 Å². The molecular weight excluding hydrogens is 268 g/mol. The van der Waals surface area contributed by atoms with Crippen molar-refractivity contribution in [2.45, 2.75) is 26.2 Å². The predicted octanol–water partition coefficient (Wildman–Crippen LogP) is 3.56. The molecular formula is C15H20N4S. The Morgan fingerprint density at radius 1 is 1.35 bits per heavy atom. The average Bonchev–Trinajstić information content (AvgIpc) is 3.07. The summed E-state index contributed by atoms with van der Waals surface area (Å²) >= 11 is 5.39. The van der Waals surface area contributed by atoms with Crippen LogP contribution in [0, 0.1) is 10.7 Å². The molecule has 2 heterocycles. The molecule has 1 aliphatic heterocycles. The summed E-state index contributed by atoms with van der Waals surface area (Å²) in [4.78, 5) is 2.35. The summed E-state index contributed by atoms with van der Waals surface area (Å²) in [5, 5.41) is 7.37. The first-order chi connectivity index (χ1) is 9.79. The molecule has 1 fully saturated rings. The summed E-state index contributed by atoms with van der Waals surface area (Å²) in [6.07, 6.45) is 3.80. The zero-order valence-electron chi connectivity index (χ0n) is 11.7. The van der Waals surface area contributed by atoms with E-state index in [2.05, 4.69) is 34.2 Å². The van der Waals surface area contributed by atoms with Crippen molar-refractivity contribution < 1.29 is 0 Å². The lowest BCUT2D eigenvalue weighted by Gasteiger charge is -2.18. The molecule has 20 heavy (non-hydrogen) atoms. The lowest BCUT2D eigenvalue weighted by molar-refractivity contribution is 0.529. The molecule has 0 radical (unpaired) electrons. The number of H-pyrrole nitrogens is 1. The molecule has 0 saturated carbocycles. The second-order valence-electron chi connectivity index (χ2n) is 5.39. The quantitative estimate of drug-likeness (QED) is 0.874. The lowest BCUT2D eigenvalue weighted by Crippen LogP contribution is -2.23. The topological polar surface area (TPSA) is 36.9 Å². The van der Waals surface area contributed by atoms with Crippen molar-refractivity contribution in [1.29, 1.82) is 0 Å². The fraction of sp³-hybridized carbons (Fsp3) is 0.467. The Hall–Kier alpha value is -1.62. The van der Waals surface area contributed by atoms with Crippen LogP contribution in [-0.4, -0.2) is 27.9 Å². The largest absolute Gasteiger partial charge is 0.340 e. The fourth-order valence-electron chi connectivity index (χ4n) is 2.97. The van der Waals surface area contributed by atoms with Crippen LogP contribution in [0.1, 0.15) is 26.2 Å². The molecule has 2 aromatic rings. The molecule has 4 nitrogen and oxygen atoms in total. The van der Waals surface area contributed by atoms with Crippen molar-refractivity contribution in [3.63, 3.8) is 0 Å². The van der Waals surface area contributed by atoms with E-state index in [-0.39, 0.29) is 0 Å². The Morgan fingerprint density at radius 3 is 2.90 bits per heavy atom. The number of hydrogen-bond donors (Lipinski definition) is 1. The first-order valence-electron chi connectivity index (χ1n) is 7.27. The predicted molar refractivity (Wildman–Crippen MR) is 84.0 cm³/mol. The smallest absolute Gasteiger partial charge is 0.230 e. The highest BCUT2D eigenvalue weighted by Crippen LogP contribution is 2.27. The molecule has 1 unspecified atom stereocenters. The van der Waals surface area contributed by atoms with E-state index in [1.54, 1.807) is 0 Å². The first-order valence-corrected chi connectivity index (χ1v) is 7.68. The number of aromatic amines is 1. The van der Waals surface area contributed by atoms with Crippen molar-refractivity contribution in [1.82, 2.24) is 14.8 Å². The zero-order chi connectivity index (χ0) is 13.9. The number of benzene rings is 1. The number of nitrogens with one attached hydrogen (secondary N) is 1. The van der Waals surface area contributed by atoms with Gasteiger partial charge in [0.25, 0.3) is 0 Å². The van der Waals surface area contributed by atoms with Gasteiger partial charge in [0.2, 0.25) is 10.7 Å². The molecule has 0 amide bonds. The minimum atomic E-state index is 0.658. The fourth-order valence-corrected chi connectivity index (χ4v) is 3.20. The normalized spacial score (nSPS) is 18.6. The van der Waals surface area contributed by atoms with Gasteiger partial charge in [0, 0.05) is 13.1 Å². The molecule has 0 spiro atoms. The summed E-state index contributed by atoms with van der Waals surface area (Å²) in [5.41, 5.74) is 1.07. The third-order valence-corrected chi connectivity index (χ3v) is 4.21. The van der Waals surface area contributed by atoms with Gasteiger partial charge >= 0.3 is 0 Å². The van der Waals surface area contributed by atoms with Gasteiger partial charge in [-0.15, -0.1) is 5.10 Å². The monoisotopic (exact) mass is 288 g/mol. The maximum absolute atomic E-state index is 5.39. The highest BCUT2D eigenvalue weighted by atomic mass is 32.1. The summed E-state index contributed by atoms with van der Waals surface area (Å²) in [5.74, 6) is 1.73.